The lowest BCUT2D eigenvalue weighted by molar-refractivity contribution is -0.116. The highest BCUT2D eigenvalue weighted by Gasteiger charge is 2.08. The minimum atomic E-state index is -0.165. The van der Waals surface area contributed by atoms with E-state index in [-0.39, 0.29) is 12.5 Å². The number of hydrogen-bond donors (Lipinski definition) is 2. The number of nitrogens with one attached hydrogen (secondary N) is 1. The molecule has 0 unspecified atom stereocenters. The number of nitrogens with zero attached hydrogens (tertiary/aromatic N) is 3. The maximum Gasteiger partial charge on any atom is 0.247 e. The number of thiazole rings is 1. The summed E-state index contributed by atoms with van der Waals surface area (Å²) in [6, 6.07) is 1.64. The summed E-state index contributed by atoms with van der Waals surface area (Å²) in [5.74, 6) is 0.237. The van der Waals surface area contributed by atoms with Gasteiger partial charge in [0.2, 0.25) is 5.91 Å². The first-order valence-electron chi connectivity index (χ1n) is 5.07. The normalized spacial score (nSPS) is 10.5. The summed E-state index contributed by atoms with van der Waals surface area (Å²) in [6.45, 7) is 4.02. The summed E-state index contributed by atoms with van der Waals surface area (Å²) in [6.07, 6.45) is 1.66. The highest BCUT2D eigenvalue weighted by molar-refractivity contribution is 7.15. The topological polar surface area (TPSA) is 85.8 Å². The molecule has 0 atom stereocenters. The van der Waals surface area contributed by atoms with E-state index in [9.17, 15) is 4.79 Å². The molecular formula is C10H13N5OS. The third kappa shape index (κ3) is 2.82. The van der Waals surface area contributed by atoms with Crippen LogP contribution in [0.1, 0.15) is 10.6 Å². The van der Waals surface area contributed by atoms with Crippen LogP contribution in [-0.2, 0) is 11.3 Å². The second kappa shape index (κ2) is 4.54. The fourth-order valence-electron chi connectivity index (χ4n) is 1.30. The maximum absolute atomic E-state index is 11.7. The summed E-state index contributed by atoms with van der Waals surface area (Å²) in [7, 11) is 0. The van der Waals surface area contributed by atoms with Gasteiger partial charge in [-0.1, -0.05) is 0 Å². The molecule has 90 valence electrons. The van der Waals surface area contributed by atoms with Crippen LogP contribution >= 0.6 is 11.3 Å². The zero-order chi connectivity index (χ0) is 12.4. The quantitative estimate of drug-likeness (QED) is 0.857. The van der Waals surface area contributed by atoms with Crippen LogP contribution in [0.5, 0.6) is 0 Å². The van der Waals surface area contributed by atoms with Gasteiger partial charge in [-0.2, -0.15) is 5.10 Å². The molecule has 0 spiro atoms. The molecule has 7 heteroatoms. The first-order chi connectivity index (χ1) is 8.04. The average molecular weight is 251 g/mol. The van der Waals surface area contributed by atoms with Crippen LogP contribution in [-0.4, -0.2) is 20.7 Å². The van der Waals surface area contributed by atoms with Gasteiger partial charge in [-0.15, -0.1) is 11.3 Å². The van der Waals surface area contributed by atoms with Gasteiger partial charge in [0.15, 0.2) is 5.13 Å². The highest BCUT2D eigenvalue weighted by Crippen LogP contribution is 2.20. The Morgan fingerprint density at radius 1 is 1.59 bits per heavy atom. The Hall–Kier alpha value is -1.89. The van der Waals surface area contributed by atoms with Crippen LogP contribution < -0.4 is 11.1 Å². The van der Waals surface area contributed by atoms with Gasteiger partial charge in [0.25, 0.3) is 0 Å². The third-order valence-electron chi connectivity index (χ3n) is 2.24. The Labute approximate surface area is 102 Å². The molecule has 0 bridgehead atoms. The summed E-state index contributed by atoms with van der Waals surface area (Å²) < 4.78 is 1.48. The van der Waals surface area contributed by atoms with Crippen molar-refractivity contribution in [2.24, 2.45) is 0 Å². The number of aromatic nitrogens is 3. The number of hydrogen-bond acceptors (Lipinski definition) is 5. The van der Waals surface area contributed by atoms with Crippen molar-refractivity contribution in [1.29, 1.82) is 0 Å². The molecule has 2 rings (SSSR count). The number of nitrogen functional groups attached to an aromatic ring is 1. The van der Waals surface area contributed by atoms with Crippen LogP contribution in [0.3, 0.4) is 0 Å². The zero-order valence-corrected chi connectivity index (χ0v) is 10.4. The van der Waals surface area contributed by atoms with Crippen LogP contribution in [0.2, 0.25) is 0 Å². The van der Waals surface area contributed by atoms with Crippen molar-refractivity contribution in [3.63, 3.8) is 0 Å². The van der Waals surface area contributed by atoms with Crippen molar-refractivity contribution in [1.82, 2.24) is 14.8 Å². The lowest BCUT2D eigenvalue weighted by atomic mass is 10.4. The van der Waals surface area contributed by atoms with Crippen LogP contribution in [0, 0.1) is 13.8 Å². The second-order valence-corrected chi connectivity index (χ2v) is 4.85. The Kier molecular flexibility index (Phi) is 3.10. The number of anilines is 2. The maximum atomic E-state index is 11.7. The SMILES string of the molecule is Cc1nc(NC(=O)Cn2ccc(N)n2)sc1C. The summed E-state index contributed by atoms with van der Waals surface area (Å²) in [4.78, 5) is 17.0. The Morgan fingerprint density at radius 2 is 2.35 bits per heavy atom. The van der Waals surface area contributed by atoms with Crippen LogP contribution in [0.4, 0.5) is 10.9 Å². The molecule has 0 aromatic carbocycles. The molecule has 2 aromatic heterocycles. The van der Waals surface area contributed by atoms with E-state index in [2.05, 4.69) is 15.4 Å². The molecule has 1 amide bonds. The standard InChI is InChI=1S/C10H13N5OS/c1-6-7(2)17-10(12-6)13-9(16)5-15-4-3-8(11)14-15/h3-4H,5H2,1-2H3,(H2,11,14)(H,12,13,16). The largest absolute Gasteiger partial charge is 0.382 e. The van der Waals surface area contributed by atoms with Gasteiger partial charge in [0.05, 0.1) is 5.69 Å². The Balaban J connectivity index is 1.97. The molecule has 0 saturated carbocycles. The van der Waals surface area contributed by atoms with E-state index < -0.39 is 0 Å². The van der Waals surface area contributed by atoms with Gasteiger partial charge in [-0.05, 0) is 19.9 Å². The van der Waals surface area contributed by atoms with Crippen molar-refractivity contribution in [2.45, 2.75) is 20.4 Å². The first kappa shape index (κ1) is 11.6. The molecule has 3 N–H and O–H groups in total. The molecule has 2 aromatic rings. The first-order valence-corrected chi connectivity index (χ1v) is 5.89. The van der Waals surface area contributed by atoms with Crippen LogP contribution in [0.15, 0.2) is 12.3 Å². The number of amides is 1. The van der Waals surface area contributed by atoms with E-state index in [1.807, 2.05) is 13.8 Å². The summed E-state index contributed by atoms with van der Waals surface area (Å²) in [5, 5.41) is 7.28. The Bertz CT molecular complexity index is 525. The fourth-order valence-corrected chi connectivity index (χ4v) is 2.13. The molecule has 6 nitrogen and oxygen atoms in total. The molecule has 0 saturated heterocycles. The summed E-state index contributed by atoms with van der Waals surface area (Å²) in [5.41, 5.74) is 6.39. The van der Waals surface area contributed by atoms with Crippen molar-refractivity contribution in [3.8, 4) is 0 Å². The van der Waals surface area contributed by atoms with Crippen molar-refractivity contribution >= 4 is 28.2 Å². The predicted octanol–water partition coefficient (Wildman–Crippen LogP) is 1.18. The lowest BCUT2D eigenvalue weighted by Crippen LogP contribution is -2.19. The minimum absolute atomic E-state index is 0.134. The molecular weight excluding hydrogens is 238 g/mol. The fraction of sp³-hybridized carbons (Fsp3) is 0.300. The molecule has 0 aliphatic rings. The zero-order valence-electron chi connectivity index (χ0n) is 9.60. The van der Waals surface area contributed by atoms with Crippen molar-refractivity contribution in [3.05, 3.63) is 22.8 Å². The molecule has 2 heterocycles. The average Bonchev–Trinajstić information content (AvgIpc) is 2.75. The van der Waals surface area contributed by atoms with E-state index in [0.29, 0.717) is 10.9 Å². The number of carbonyl (C=O) groups excluding carboxylic acids is 1. The van der Waals surface area contributed by atoms with E-state index in [1.54, 1.807) is 12.3 Å². The van der Waals surface area contributed by atoms with Gasteiger partial charge >= 0.3 is 0 Å². The monoisotopic (exact) mass is 251 g/mol. The van der Waals surface area contributed by atoms with E-state index in [0.717, 1.165) is 10.6 Å². The van der Waals surface area contributed by atoms with Gasteiger partial charge < -0.3 is 11.1 Å². The van der Waals surface area contributed by atoms with Gasteiger partial charge in [0.1, 0.15) is 12.4 Å². The molecule has 17 heavy (non-hydrogen) atoms. The number of aryl methyl sites for hydroxylation is 2. The van der Waals surface area contributed by atoms with Gasteiger partial charge in [-0.25, -0.2) is 4.98 Å². The number of nitrogens with two attached hydrogens (primary N) is 1. The van der Waals surface area contributed by atoms with E-state index in [1.165, 1.54) is 16.0 Å². The van der Waals surface area contributed by atoms with Crippen molar-refractivity contribution in [2.75, 3.05) is 11.1 Å². The summed E-state index contributed by atoms with van der Waals surface area (Å²) >= 11 is 1.46. The predicted molar refractivity (Wildman–Crippen MR) is 66.9 cm³/mol. The lowest BCUT2D eigenvalue weighted by Gasteiger charge is -2.01. The Morgan fingerprint density at radius 3 is 2.88 bits per heavy atom. The molecule has 0 radical (unpaired) electrons. The second-order valence-electron chi connectivity index (χ2n) is 3.65. The minimum Gasteiger partial charge on any atom is -0.382 e. The third-order valence-corrected chi connectivity index (χ3v) is 3.23. The van der Waals surface area contributed by atoms with Gasteiger partial charge in [0, 0.05) is 11.1 Å². The molecule has 0 fully saturated rings. The number of rotatable bonds is 3. The van der Waals surface area contributed by atoms with Gasteiger partial charge in [-0.3, -0.25) is 9.48 Å². The highest BCUT2D eigenvalue weighted by atomic mass is 32.1. The number of carbonyl (C=O) groups is 1. The van der Waals surface area contributed by atoms with E-state index in [4.69, 9.17) is 5.73 Å². The smallest absolute Gasteiger partial charge is 0.247 e. The van der Waals surface area contributed by atoms with Crippen molar-refractivity contribution < 1.29 is 4.79 Å². The molecule has 0 aliphatic carbocycles. The molecule has 0 aliphatic heterocycles. The van der Waals surface area contributed by atoms with E-state index >= 15 is 0 Å². The van der Waals surface area contributed by atoms with Crippen LogP contribution in [0.25, 0.3) is 0 Å².